The molecule has 0 aliphatic heterocycles. The molecule has 0 spiro atoms. The van der Waals surface area contributed by atoms with Crippen LogP contribution in [0.15, 0.2) is 53.5 Å². The van der Waals surface area contributed by atoms with Crippen LogP contribution in [0.2, 0.25) is 0 Å². The predicted octanol–water partition coefficient (Wildman–Crippen LogP) is 2.66. The third-order valence-electron chi connectivity index (χ3n) is 4.87. The van der Waals surface area contributed by atoms with E-state index in [4.69, 9.17) is 9.47 Å². The van der Waals surface area contributed by atoms with Crippen molar-refractivity contribution in [2.24, 2.45) is 4.99 Å². The molecule has 32 heavy (non-hydrogen) atoms. The minimum Gasteiger partial charge on any atom is -0.489 e. The molecule has 7 nitrogen and oxygen atoms in total. The van der Waals surface area contributed by atoms with Crippen molar-refractivity contribution in [3.8, 4) is 11.5 Å². The maximum Gasteiger partial charge on any atom is 0.258 e. The van der Waals surface area contributed by atoms with Crippen LogP contribution in [0.25, 0.3) is 0 Å². The number of benzene rings is 2. The fourth-order valence-corrected chi connectivity index (χ4v) is 2.97. The number of hydrogen-bond acceptors (Lipinski definition) is 4. The second-order valence-corrected chi connectivity index (χ2v) is 7.79. The lowest BCUT2D eigenvalue weighted by Gasteiger charge is -2.17. The maximum atomic E-state index is 13.0. The Morgan fingerprint density at radius 1 is 1.09 bits per heavy atom. The number of amides is 1. The largest absolute Gasteiger partial charge is 0.489 e. The van der Waals surface area contributed by atoms with Gasteiger partial charge in [0.1, 0.15) is 23.4 Å². The molecule has 1 atom stereocenters. The Hall–Kier alpha value is -3.29. The van der Waals surface area contributed by atoms with Gasteiger partial charge in [0, 0.05) is 19.6 Å². The van der Waals surface area contributed by atoms with E-state index in [1.165, 1.54) is 12.1 Å². The van der Waals surface area contributed by atoms with Gasteiger partial charge in [-0.2, -0.15) is 0 Å². The van der Waals surface area contributed by atoms with Gasteiger partial charge in [-0.3, -0.25) is 9.79 Å². The summed E-state index contributed by atoms with van der Waals surface area (Å²) in [4.78, 5) is 15.9. The highest BCUT2D eigenvalue weighted by Gasteiger charge is 2.23. The molecule has 2 aromatic rings. The lowest BCUT2D eigenvalue weighted by Crippen LogP contribution is -2.42. The van der Waals surface area contributed by atoms with Gasteiger partial charge in [0.2, 0.25) is 0 Å². The monoisotopic (exact) mass is 442 g/mol. The van der Waals surface area contributed by atoms with Crippen molar-refractivity contribution >= 4 is 11.9 Å². The van der Waals surface area contributed by atoms with Gasteiger partial charge in [-0.15, -0.1) is 0 Å². The van der Waals surface area contributed by atoms with Crippen LogP contribution in [0.4, 0.5) is 4.39 Å². The first kappa shape index (κ1) is 23.4. The van der Waals surface area contributed by atoms with E-state index < -0.39 is 0 Å². The number of halogens is 1. The Labute approximate surface area is 188 Å². The zero-order valence-electron chi connectivity index (χ0n) is 18.6. The van der Waals surface area contributed by atoms with Gasteiger partial charge in [-0.1, -0.05) is 12.1 Å². The molecule has 0 heterocycles. The van der Waals surface area contributed by atoms with Gasteiger partial charge in [-0.25, -0.2) is 4.39 Å². The molecular formula is C24H31FN4O3. The number of aliphatic imine (C=N–C) groups is 1. The summed E-state index contributed by atoms with van der Waals surface area (Å²) in [6.07, 6.45) is 2.83. The average molecular weight is 443 g/mol. The normalized spacial score (nSPS) is 14.4. The molecule has 1 aliphatic carbocycles. The zero-order chi connectivity index (χ0) is 22.8. The number of nitrogens with one attached hydrogen (secondary N) is 3. The lowest BCUT2D eigenvalue weighted by atomic mass is 10.1. The summed E-state index contributed by atoms with van der Waals surface area (Å²) in [7, 11) is 1.71. The zero-order valence-corrected chi connectivity index (χ0v) is 18.6. The molecule has 1 aliphatic rings. The van der Waals surface area contributed by atoms with E-state index in [1.807, 2.05) is 31.2 Å². The molecule has 1 amide bonds. The molecule has 1 unspecified atom stereocenters. The summed E-state index contributed by atoms with van der Waals surface area (Å²) in [5, 5.41) is 9.40. The summed E-state index contributed by atoms with van der Waals surface area (Å²) in [6, 6.07) is 14.0. The van der Waals surface area contributed by atoms with E-state index in [2.05, 4.69) is 20.9 Å². The van der Waals surface area contributed by atoms with Gasteiger partial charge in [0.05, 0.1) is 6.54 Å². The highest BCUT2D eigenvalue weighted by molar-refractivity contribution is 5.79. The summed E-state index contributed by atoms with van der Waals surface area (Å²) < 4.78 is 24.3. The summed E-state index contributed by atoms with van der Waals surface area (Å²) >= 11 is 0. The molecule has 0 saturated heterocycles. The van der Waals surface area contributed by atoms with Crippen molar-refractivity contribution in [2.45, 2.75) is 38.3 Å². The first-order chi connectivity index (χ1) is 15.5. The van der Waals surface area contributed by atoms with Crippen LogP contribution in [-0.2, 0) is 11.2 Å². The van der Waals surface area contributed by atoms with Crippen molar-refractivity contribution in [3.05, 3.63) is 59.9 Å². The fraction of sp³-hybridized carbons (Fsp3) is 0.417. The Kier molecular flexibility index (Phi) is 8.71. The molecule has 0 aromatic heterocycles. The summed E-state index contributed by atoms with van der Waals surface area (Å²) in [6.45, 7) is 3.24. The van der Waals surface area contributed by atoms with Crippen LogP contribution in [0.5, 0.6) is 11.5 Å². The number of carbonyl (C=O) groups is 1. The molecule has 0 bridgehead atoms. The Balaban J connectivity index is 1.32. The SMILES string of the molecule is CN=C(NCCc1ccc(OCC(=O)NC2CC2)cc1)NCC(C)Oc1ccc(F)cc1. The van der Waals surface area contributed by atoms with Gasteiger partial charge >= 0.3 is 0 Å². The number of hydrogen-bond donors (Lipinski definition) is 3. The van der Waals surface area contributed by atoms with Crippen LogP contribution in [-0.4, -0.2) is 50.8 Å². The van der Waals surface area contributed by atoms with Gasteiger partial charge < -0.3 is 25.4 Å². The van der Waals surface area contributed by atoms with Crippen molar-refractivity contribution < 1.29 is 18.7 Å². The Bertz CT molecular complexity index is 883. The molecule has 2 aromatic carbocycles. The smallest absolute Gasteiger partial charge is 0.258 e. The molecule has 3 N–H and O–H groups in total. The number of nitrogens with zero attached hydrogens (tertiary/aromatic N) is 1. The molecule has 1 saturated carbocycles. The Morgan fingerprint density at radius 3 is 2.44 bits per heavy atom. The third-order valence-corrected chi connectivity index (χ3v) is 4.87. The minimum absolute atomic E-state index is 0.0443. The Morgan fingerprint density at radius 2 is 1.78 bits per heavy atom. The van der Waals surface area contributed by atoms with Crippen LogP contribution in [0, 0.1) is 5.82 Å². The van der Waals surface area contributed by atoms with E-state index >= 15 is 0 Å². The summed E-state index contributed by atoms with van der Waals surface area (Å²) in [5.74, 6) is 1.63. The third kappa shape index (κ3) is 8.45. The van der Waals surface area contributed by atoms with Crippen LogP contribution >= 0.6 is 0 Å². The van der Waals surface area contributed by atoms with E-state index in [1.54, 1.807) is 19.2 Å². The van der Waals surface area contributed by atoms with E-state index in [0.29, 0.717) is 36.6 Å². The number of ether oxygens (including phenoxy) is 2. The van der Waals surface area contributed by atoms with Crippen molar-refractivity contribution in [1.82, 2.24) is 16.0 Å². The molecule has 172 valence electrons. The lowest BCUT2D eigenvalue weighted by molar-refractivity contribution is -0.123. The number of rotatable bonds is 11. The van der Waals surface area contributed by atoms with E-state index in [9.17, 15) is 9.18 Å². The average Bonchev–Trinajstić information content (AvgIpc) is 3.61. The summed E-state index contributed by atoms with van der Waals surface area (Å²) in [5.41, 5.74) is 1.15. The van der Waals surface area contributed by atoms with Gasteiger partial charge in [-0.05, 0) is 68.1 Å². The number of guanidine groups is 1. The fourth-order valence-electron chi connectivity index (χ4n) is 2.97. The molecule has 1 fully saturated rings. The first-order valence-corrected chi connectivity index (χ1v) is 10.9. The highest BCUT2D eigenvalue weighted by atomic mass is 19.1. The molecule has 3 rings (SSSR count). The topological polar surface area (TPSA) is 84.0 Å². The quantitative estimate of drug-likeness (QED) is 0.368. The molecular weight excluding hydrogens is 411 g/mol. The van der Waals surface area contributed by atoms with Crippen LogP contribution < -0.4 is 25.4 Å². The van der Waals surface area contributed by atoms with Crippen molar-refractivity contribution in [2.75, 3.05) is 26.7 Å². The highest BCUT2D eigenvalue weighted by Crippen LogP contribution is 2.18. The molecule has 0 radical (unpaired) electrons. The van der Waals surface area contributed by atoms with Gasteiger partial charge in [0.25, 0.3) is 5.91 Å². The second kappa shape index (κ2) is 11.9. The van der Waals surface area contributed by atoms with Crippen LogP contribution in [0.3, 0.4) is 0 Å². The van der Waals surface area contributed by atoms with E-state index in [0.717, 1.165) is 24.8 Å². The number of carbonyl (C=O) groups excluding carboxylic acids is 1. The maximum absolute atomic E-state index is 13.0. The second-order valence-electron chi connectivity index (χ2n) is 7.79. The molecule has 8 heteroatoms. The standard InChI is InChI=1S/C24H31FN4O3/c1-17(32-22-11-5-19(25)6-12-22)15-28-24(26-2)27-14-13-18-3-9-21(10-4-18)31-16-23(30)29-20-7-8-20/h3-6,9-12,17,20H,7-8,13-16H2,1-2H3,(H,29,30)(H2,26,27,28). The van der Waals surface area contributed by atoms with Crippen molar-refractivity contribution in [3.63, 3.8) is 0 Å². The first-order valence-electron chi connectivity index (χ1n) is 10.9. The minimum atomic E-state index is -0.286. The van der Waals surface area contributed by atoms with Crippen molar-refractivity contribution in [1.29, 1.82) is 0 Å². The van der Waals surface area contributed by atoms with Crippen LogP contribution in [0.1, 0.15) is 25.3 Å². The van der Waals surface area contributed by atoms with E-state index in [-0.39, 0.29) is 24.4 Å². The predicted molar refractivity (Wildman–Crippen MR) is 123 cm³/mol. The van der Waals surface area contributed by atoms with Gasteiger partial charge in [0.15, 0.2) is 12.6 Å².